The van der Waals surface area contributed by atoms with Crippen molar-refractivity contribution in [2.24, 2.45) is 39.7 Å². The number of carboxylic acid groups (broad SMARTS) is 1. The zero-order chi connectivity index (χ0) is 28.9. The molecular formula is C32H48N2O6. The number of fused-ring (bicyclic) bond motifs is 5. The van der Waals surface area contributed by atoms with E-state index in [1.165, 1.54) is 5.57 Å². The van der Waals surface area contributed by atoms with E-state index in [1.807, 2.05) is 26.8 Å². The number of hydrogen-bond acceptors (Lipinski definition) is 6. The van der Waals surface area contributed by atoms with Gasteiger partial charge in [0, 0.05) is 18.1 Å². The summed E-state index contributed by atoms with van der Waals surface area (Å²) >= 11 is 0. The Morgan fingerprint density at radius 3 is 2.60 bits per heavy atom. The highest BCUT2D eigenvalue weighted by Gasteiger charge is 2.62. The number of nitrogens with zero attached hydrogens (tertiary/aromatic N) is 1. The molecule has 5 rings (SSSR count). The average Bonchev–Trinajstić information content (AvgIpc) is 3.11. The summed E-state index contributed by atoms with van der Waals surface area (Å²) in [7, 11) is 0. The Balaban J connectivity index is 1.19. The van der Waals surface area contributed by atoms with Gasteiger partial charge in [-0.15, -0.1) is 0 Å². The van der Waals surface area contributed by atoms with Gasteiger partial charge in [-0.1, -0.05) is 30.7 Å². The summed E-state index contributed by atoms with van der Waals surface area (Å²) in [5, 5.41) is 27.7. The first-order chi connectivity index (χ1) is 18.7. The zero-order valence-electron chi connectivity index (χ0n) is 24.9. The Bertz CT molecular complexity index is 1110. The lowest BCUT2D eigenvalue weighted by Crippen LogP contribution is -2.53. The number of oxime groups is 1. The summed E-state index contributed by atoms with van der Waals surface area (Å²) in [6.45, 7) is 11.0. The molecule has 0 aromatic heterocycles. The molecule has 1 aliphatic heterocycles. The third-order valence-corrected chi connectivity index (χ3v) is 11.5. The van der Waals surface area contributed by atoms with Crippen LogP contribution in [-0.2, 0) is 19.2 Å². The number of amides is 1. The van der Waals surface area contributed by atoms with Crippen molar-refractivity contribution in [1.82, 2.24) is 5.32 Å². The van der Waals surface area contributed by atoms with E-state index in [1.54, 1.807) is 0 Å². The summed E-state index contributed by atoms with van der Waals surface area (Å²) in [5.41, 5.74) is 1.17. The van der Waals surface area contributed by atoms with Crippen molar-refractivity contribution in [3.05, 3.63) is 23.8 Å². The Morgan fingerprint density at radius 2 is 1.88 bits per heavy atom. The van der Waals surface area contributed by atoms with E-state index < -0.39 is 17.6 Å². The summed E-state index contributed by atoms with van der Waals surface area (Å²) in [6, 6.07) is -0.474. The van der Waals surface area contributed by atoms with Crippen molar-refractivity contribution in [2.75, 3.05) is 13.2 Å². The van der Waals surface area contributed by atoms with Crippen LogP contribution in [0.25, 0.3) is 0 Å². The summed E-state index contributed by atoms with van der Waals surface area (Å²) in [6.07, 6.45) is 14.0. The van der Waals surface area contributed by atoms with Gasteiger partial charge >= 0.3 is 5.97 Å². The summed E-state index contributed by atoms with van der Waals surface area (Å²) in [4.78, 5) is 29.6. The molecule has 222 valence electrons. The number of allylic oxidation sites excluding steroid dienone is 4. The highest BCUT2D eigenvalue weighted by atomic mass is 16.6. The van der Waals surface area contributed by atoms with E-state index in [4.69, 9.17) is 9.57 Å². The lowest BCUT2D eigenvalue weighted by atomic mass is 9.47. The fraction of sp³-hybridized carbons (Fsp3) is 0.781. The molecule has 0 unspecified atom stereocenters. The molecule has 0 aromatic carbocycles. The van der Waals surface area contributed by atoms with E-state index >= 15 is 0 Å². The number of carbonyl (C=O) groups is 2. The molecule has 0 spiro atoms. The monoisotopic (exact) mass is 556 g/mol. The first-order valence-corrected chi connectivity index (χ1v) is 15.2. The van der Waals surface area contributed by atoms with Crippen molar-refractivity contribution >= 4 is 17.6 Å². The third kappa shape index (κ3) is 5.38. The van der Waals surface area contributed by atoms with Crippen LogP contribution in [0.15, 0.2) is 29.0 Å². The van der Waals surface area contributed by atoms with Gasteiger partial charge in [0.05, 0.1) is 17.6 Å². The van der Waals surface area contributed by atoms with Crippen LogP contribution < -0.4 is 5.32 Å². The number of hydrogen-bond donors (Lipinski definition) is 3. The minimum atomic E-state index is -0.937. The number of ether oxygens (including phenoxy) is 1. The standard InChI is InChI=1S/C32H48N2O6/c1-29(2)18-20(11-15-39-29)26(17-28(36)37)33-27(35)19-40-34-22-8-12-30(3)21(16-22)6-7-23-24(30)9-13-31(4)25(23)10-14-32(31,5)38/h8,12,16,20,23-26,38H,6-7,9-11,13-15,17-19H2,1-5H3,(H,33,35)(H,36,37)/b34-22+/t20-,23+,24-,25-,26-,30-,31-,32-/m0/s1. The molecule has 1 heterocycles. The molecule has 0 aromatic rings. The number of carboxylic acids is 1. The van der Waals surface area contributed by atoms with Crippen LogP contribution in [0.4, 0.5) is 0 Å². The van der Waals surface area contributed by atoms with Gasteiger partial charge in [-0.2, -0.15) is 0 Å². The molecule has 40 heavy (non-hydrogen) atoms. The van der Waals surface area contributed by atoms with Crippen LogP contribution in [0, 0.1) is 34.5 Å². The zero-order valence-corrected chi connectivity index (χ0v) is 24.9. The minimum absolute atomic E-state index is 0.00952. The molecule has 5 aliphatic rings. The molecule has 8 nitrogen and oxygen atoms in total. The SMILES string of the molecule is CC1(C)C[C@@H]([C@H](CC(=O)O)NC(=O)CO/N=C2\C=C[C@@]3(C)C(=C2)CC[C@@H]2[C@@H]3CC[C@@]3(C)[C@H]2CC[C@]3(C)O)CCO1. The van der Waals surface area contributed by atoms with Crippen LogP contribution in [0.5, 0.6) is 0 Å². The average molecular weight is 557 g/mol. The number of rotatable bonds is 7. The van der Waals surface area contributed by atoms with Gasteiger partial charge in [-0.25, -0.2) is 0 Å². The highest BCUT2D eigenvalue weighted by Crippen LogP contribution is 2.66. The fourth-order valence-corrected chi connectivity index (χ4v) is 9.07. The number of aliphatic hydroxyl groups is 1. The molecule has 4 aliphatic carbocycles. The number of nitrogens with one attached hydrogen (secondary N) is 1. The largest absolute Gasteiger partial charge is 0.481 e. The maximum atomic E-state index is 12.7. The van der Waals surface area contributed by atoms with E-state index in [2.05, 4.69) is 36.5 Å². The van der Waals surface area contributed by atoms with Gasteiger partial charge in [0.2, 0.25) is 0 Å². The van der Waals surface area contributed by atoms with Crippen molar-refractivity contribution in [3.63, 3.8) is 0 Å². The molecule has 1 amide bonds. The Morgan fingerprint density at radius 1 is 1.12 bits per heavy atom. The van der Waals surface area contributed by atoms with E-state index in [9.17, 15) is 19.8 Å². The lowest BCUT2D eigenvalue weighted by molar-refractivity contribution is -0.139. The molecule has 8 atom stereocenters. The Hall–Kier alpha value is -2.19. The van der Waals surface area contributed by atoms with Gasteiger partial charge < -0.3 is 25.1 Å². The third-order valence-electron chi connectivity index (χ3n) is 11.5. The maximum absolute atomic E-state index is 12.7. The molecule has 0 radical (unpaired) electrons. The van der Waals surface area contributed by atoms with E-state index in [0.29, 0.717) is 42.9 Å². The van der Waals surface area contributed by atoms with Crippen LogP contribution in [0.2, 0.25) is 0 Å². The second kappa shape index (κ2) is 10.6. The van der Waals surface area contributed by atoms with Crippen molar-refractivity contribution in [1.29, 1.82) is 0 Å². The van der Waals surface area contributed by atoms with Crippen molar-refractivity contribution < 1.29 is 29.4 Å². The maximum Gasteiger partial charge on any atom is 0.305 e. The minimum Gasteiger partial charge on any atom is -0.481 e. The van der Waals surface area contributed by atoms with Crippen molar-refractivity contribution in [2.45, 2.75) is 110 Å². The fourth-order valence-electron chi connectivity index (χ4n) is 9.07. The van der Waals surface area contributed by atoms with Gasteiger partial charge in [-0.05, 0) is 113 Å². The first-order valence-electron chi connectivity index (χ1n) is 15.2. The molecule has 4 fully saturated rings. The van der Waals surface area contributed by atoms with Gasteiger partial charge in [0.25, 0.3) is 5.91 Å². The van der Waals surface area contributed by atoms with Crippen LogP contribution in [0.1, 0.15) is 92.4 Å². The van der Waals surface area contributed by atoms with Crippen molar-refractivity contribution in [3.8, 4) is 0 Å². The molecule has 3 saturated carbocycles. The van der Waals surface area contributed by atoms with Crippen LogP contribution in [0.3, 0.4) is 0 Å². The molecular weight excluding hydrogens is 508 g/mol. The lowest BCUT2D eigenvalue weighted by Gasteiger charge is -2.58. The molecule has 0 bridgehead atoms. The predicted octanol–water partition coefficient (Wildman–Crippen LogP) is 5.01. The highest BCUT2D eigenvalue weighted by molar-refractivity contribution is 6.05. The van der Waals surface area contributed by atoms with Gasteiger partial charge in [0.1, 0.15) is 5.71 Å². The Kier molecular flexibility index (Phi) is 7.75. The van der Waals surface area contributed by atoms with Crippen LogP contribution in [-0.4, -0.2) is 58.3 Å². The normalized spacial score (nSPS) is 41.8. The predicted molar refractivity (Wildman–Crippen MR) is 153 cm³/mol. The molecule has 3 N–H and O–H groups in total. The van der Waals surface area contributed by atoms with E-state index in [-0.39, 0.29) is 41.3 Å². The molecule has 1 saturated heterocycles. The summed E-state index contributed by atoms with van der Waals surface area (Å²) < 4.78 is 5.77. The Labute approximate surface area is 238 Å². The number of aliphatic carboxylic acids is 1. The second-order valence-corrected chi connectivity index (χ2v) is 14.4. The van der Waals surface area contributed by atoms with Gasteiger partial charge in [0.15, 0.2) is 6.61 Å². The summed E-state index contributed by atoms with van der Waals surface area (Å²) in [5.74, 6) is 0.483. The number of carbonyl (C=O) groups excluding carboxylic acids is 1. The quantitative estimate of drug-likeness (QED) is 0.380. The molecule has 8 heteroatoms. The van der Waals surface area contributed by atoms with Crippen LogP contribution >= 0.6 is 0 Å². The topological polar surface area (TPSA) is 117 Å². The van der Waals surface area contributed by atoms with E-state index in [0.717, 1.165) is 38.5 Å². The second-order valence-electron chi connectivity index (χ2n) is 14.4. The smallest absolute Gasteiger partial charge is 0.305 e. The first kappa shape index (κ1) is 29.3. The van der Waals surface area contributed by atoms with Gasteiger partial charge in [-0.3, -0.25) is 9.59 Å².